The predicted octanol–water partition coefficient (Wildman–Crippen LogP) is 3.03. The lowest BCUT2D eigenvalue weighted by atomic mass is 10.1. The molecule has 2 aromatic rings. The Hall–Kier alpha value is -2.95. The van der Waals surface area contributed by atoms with E-state index in [1.54, 1.807) is 36.4 Å². The van der Waals surface area contributed by atoms with E-state index in [4.69, 9.17) is 14.2 Å². The summed E-state index contributed by atoms with van der Waals surface area (Å²) in [6.07, 6.45) is 3.07. The zero-order valence-electron chi connectivity index (χ0n) is 11.9. The van der Waals surface area contributed by atoms with E-state index < -0.39 is 0 Å². The molecule has 2 aromatic carbocycles. The van der Waals surface area contributed by atoms with Gasteiger partial charge in [0.2, 0.25) is 6.79 Å². The lowest BCUT2D eigenvalue weighted by molar-refractivity contribution is 0.104. The second kappa shape index (κ2) is 5.81. The first-order valence-corrected chi connectivity index (χ1v) is 6.66. The van der Waals surface area contributed by atoms with Crippen molar-refractivity contribution in [3.05, 3.63) is 53.6 Å². The smallest absolute Gasteiger partial charge is 0.231 e. The van der Waals surface area contributed by atoms with E-state index in [9.17, 15) is 9.90 Å². The van der Waals surface area contributed by atoms with E-state index in [-0.39, 0.29) is 18.3 Å². The number of fused-ring (bicyclic) bond motifs is 1. The Morgan fingerprint density at radius 2 is 2.00 bits per heavy atom. The van der Waals surface area contributed by atoms with E-state index >= 15 is 0 Å². The molecule has 0 saturated heterocycles. The molecule has 5 nitrogen and oxygen atoms in total. The summed E-state index contributed by atoms with van der Waals surface area (Å²) in [4.78, 5) is 12.2. The number of allylic oxidation sites excluding steroid dienone is 1. The fourth-order valence-electron chi connectivity index (χ4n) is 2.13. The Morgan fingerprint density at radius 3 is 2.77 bits per heavy atom. The molecule has 0 radical (unpaired) electrons. The number of carbonyl (C=O) groups excluding carboxylic acids is 1. The summed E-state index contributed by atoms with van der Waals surface area (Å²) in [5.74, 6) is 1.47. The molecule has 0 atom stereocenters. The number of phenolic OH excluding ortho intramolecular Hbond substituents is 1. The maximum absolute atomic E-state index is 12.2. The van der Waals surface area contributed by atoms with Gasteiger partial charge in [-0.25, -0.2) is 0 Å². The summed E-state index contributed by atoms with van der Waals surface area (Å²) in [7, 11) is 1.48. The van der Waals surface area contributed by atoms with Crippen LogP contribution in [0.4, 0.5) is 0 Å². The third-order valence-electron chi connectivity index (χ3n) is 3.29. The van der Waals surface area contributed by atoms with Gasteiger partial charge in [0.1, 0.15) is 0 Å². The summed E-state index contributed by atoms with van der Waals surface area (Å²) >= 11 is 0. The molecule has 1 aliphatic heterocycles. The van der Waals surface area contributed by atoms with Gasteiger partial charge < -0.3 is 19.3 Å². The lowest BCUT2D eigenvalue weighted by Crippen LogP contribution is -1.94. The van der Waals surface area contributed by atoms with Crippen LogP contribution in [0, 0.1) is 0 Å². The zero-order valence-corrected chi connectivity index (χ0v) is 11.9. The standard InChI is InChI=1S/C17H14O5/c1-20-15-6-3-11(8-14(15)19)2-5-13(18)12-4-7-16-17(9-12)22-10-21-16/h2-9,19H,10H2,1H3/b5-2+. The number of ether oxygens (including phenoxy) is 3. The molecule has 0 amide bonds. The monoisotopic (exact) mass is 298 g/mol. The molecule has 112 valence electrons. The van der Waals surface area contributed by atoms with Crippen LogP contribution in [0.25, 0.3) is 6.08 Å². The largest absolute Gasteiger partial charge is 0.504 e. The van der Waals surface area contributed by atoms with Gasteiger partial charge in [0.25, 0.3) is 0 Å². The third kappa shape index (κ3) is 2.74. The summed E-state index contributed by atoms with van der Waals surface area (Å²) in [6.45, 7) is 0.175. The van der Waals surface area contributed by atoms with Crippen molar-refractivity contribution in [2.45, 2.75) is 0 Å². The summed E-state index contributed by atoms with van der Waals surface area (Å²) in [5.41, 5.74) is 1.21. The van der Waals surface area contributed by atoms with Crippen LogP contribution >= 0.6 is 0 Å². The fraction of sp³-hybridized carbons (Fsp3) is 0.118. The van der Waals surface area contributed by atoms with E-state index in [1.165, 1.54) is 19.3 Å². The van der Waals surface area contributed by atoms with Crippen molar-refractivity contribution in [3.63, 3.8) is 0 Å². The Balaban J connectivity index is 1.77. The molecular formula is C17H14O5. The van der Waals surface area contributed by atoms with Crippen molar-refractivity contribution in [2.75, 3.05) is 13.9 Å². The molecule has 5 heteroatoms. The number of hydrogen-bond acceptors (Lipinski definition) is 5. The number of rotatable bonds is 4. The average Bonchev–Trinajstić information content (AvgIpc) is 3.00. The first-order chi connectivity index (χ1) is 10.7. The van der Waals surface area contributed by atoms with Gasteiger partial charge in [-0.3, -0.25) is 4.79 Å². The summed E-state index contributed by atoms with van der Waals surface area (Å²) in [5, 5.41) is 9.71. The maximum Gasteiger partial charge on any atom is 0.231 e. The van der Waals surface area contributed by atoms with Gasteiger partial charge in [-0.05, 0) is 42.0 Å². The van der Waals surface area contributed by atoms with Gasteiger partial charge in [0.15, 0.2) is 28.8 Å². The van der Waals surface area contributed by atoms with Crippen molar-refractivity contribution < 1.29 is 24.1 Å². The highest BCUT2D eigenvalue weighted by Gasteiger charge is 2.15. The highest BCUT2D eigenvalue weighted by molar-refractivity contribution is 6.07. The van der Waals surface area contributed by atoms with Gasteiger partial charge in [0.05, 0.1) is 7.11 Å². The van der Waals surface area contributed by atoms with Crippen molar-refractivity contribution in [1.29, 1.82) is 0 Å². The van der Waals surface area contributed by atoms with Crippen LogP contribution in [0.15, 0.2) is 42.5 Å². The van der Waals surface area contributed by atoms with E-state index in [0.717, 1.165) is 0 Å². The second-order valence-corrected chi connectivity index (χ2v) is 4.70. The molecular weight excluding hydrogens is 284 g/mol. The third-order valence-corrected chi connectivity index (χ3v) is 3.29. The van der Waals surface area contributed by atoms with E-state index in [0.29, 0.717) is 28.4 Å². The average molecular weight is 298 g/mol. The minimum atomic E-state index is -0.159. The molecule has 3 rings (SSSR count). The molecule has 1 heterocycles. The van der Waals surface area contributed by atoms with Gasteiger partial charge in [0, 0.05) is 5.56 Å². The fourth-order valence-corrected chi connectivity index (χ4v) is 2.13. The van der Waals surface area contributed by atoms with E-state index in [1.807, 2.05) is 0 Å². The Bertz CT molecular complexity index is 749. The summed E-state index contributed by atoms with van der Waals surface area (Å²) in [6, 6.07) is 9.97. The molecule has 0 bridgehead atoms. The number of hydrogen-bond donors (Lipinski definition) is 1. The number of methoxy groups -OCH3 is 1. The van der Waals surface area contributed by atoms with Crippen molar-refractivity contribution >= 4 is 11.9 Å². The molecule has 0 unspecified atom stereocenters. The maximum atomic E-state index is 12.2. The molecule has 22 heavy (non-hydrogen) atoms. The Labute approximate surface area is 127 Å². The second-order valence-electron chi connectivity index (χ2n) is 4.70. The van der Waals surface area contributed by atoms with Gasteiger partial charge in [-0.1, -0.05) is 12.1 Å². The number of phenols is 1. The molecule has 0 spiro atoms. The number of benzene rings is 2. The van der Waals surface area contributed by atoms with Crippen molar-refractivity contribution in [3.8, 4) is 23.0 Å². The summed E-state index contributed by atoms with van der Waals surface area (Å²) < 4.78 is 15.4. The van der Waals surface area contributed by atoms with Crippen molar-refractivity contribution in [2.24, 2.45) is 0 Å². The highest BCUT2D eigenvalue weighted by atomic mass is 16.7. The number of ketones is 1. The first-order valence-electron chi connectivity index (χ1n) is 6.66. The minimum Gasteiger partial charge on any atom is -0.504 e. The zero-order chi connectivity index (χ0) is 15.5. The Morgan fingerprint density at radius 1 is 1.18 bits per heavy atom. The van der Waals surface area contributed by atoms with Crippen LogP contribution in [-0.2, 0) is 0 Å². The molecule has 0 aromatic heterocycles. The topological polar surface area (TPSA) is 65.0 Å². The molecule has 0 aliphatic carbocycles. The SMILES string of the molecule is COc1ccc(/C=C/C(=O)c2ccc3c(c2)OCO3)cc1O. The van der Waals surface area contributed by atoms with Crippen LogP contribution in [0.2, 0.25) is 0 Å². The lowest BCUT2D eigenvalue weighted by Gasteiger charge is -2.03. The number of aromatic hydroxyl groups is 1. The van der Waals surface area contributed by atoms with Crippen LogP contribution in [0.5, 0.6) is 23.0 Å². The van der Waals surface area contributed by atoms with Crippen molar-refractivity contribution in [1.82, 2.24) is 0 Å². The van der Waals surface area contributed by atoms with Crippen LogP contribution in [0.1, 0.15) is 15.9 Å². The minimum absolute atomic E-state index is 0.0279. The number of carbonyl (C=O) groups is 1. The van der Waals surface area contributed by atoms with Gasteiger partial charge in [-0.2, -0.15) is 0 Å². The highest BCUT2D eigenvalue weighted by Crippen LogP contribution is 2.32. The van der Waals surface area contributed by atoms with Crippen LogP contribution in [-0.4, -0.2) is 24.8 Å². The van der Waals surface area contributed by atoms with Crippen LogP contribution < -0.4 is 14.2 Å². The predicted molar refractivity (Wildman–Crippen MR) is 80.6 cm³/mol. The molecule has 1 N–H and O–H groups in total. The normalized spacial score (nSPS) is 12.6. The Kier molecular flexibility index (Phi) is 3.70. The first kappa shape index (κ1) is 14.0. The molecule has 1 aliphatic rings. The quantitative estimate of drug-likeness (QED) is 0.694. The molecule has 0 fully saturated rings. The van der Waals surface area contributed by atoms with Crippen LogP contribution in [0.3, 0.4) is 0 Å². The van der Waals surface area contributed by atoms with E-state index in [2.05, 4.69) is 0 Å². The molecule has 0 saturated carbocycles. The van der Waals surface area contributed by atoms with Gasteiger partial charge in [-0.15, -0.1) is 0 Å². The van der Waals surface area contributed by atoms with Gasteiger partial charge >= 0.3 is 0 Å².